The van der Waals surface area contributed by atoms with Gasteiger partial charge in [0.1, 0.15) is 17.9 Å². The fourth-order valence-electron chi connectivity index (χ4n) is 2.61. The number of hydrogen-bond donors (Lipinski definition) is 1. The van der Waals surface area contributed by atoms with Crippen molar-refractivity contribution in [3.05, 3.63) is 93.5 Å². The predicted octanol–water partition coefficient (Wildman–Crippen LogP) is 7.13. The average molecular weight is 455 g/mol. The van der Waals surface area contributed by atoms with Gasteiger partial charge in [-0.1, -0.05) is 47.5 Å². The Balaban J connectivity index is 0.000000300. The van der Waals surface area contributed by atoms with Gasteiger partial charge in [0.2, 0.25) is 0 Å². The van der Waals surface area contributed by atoms with Gasteiger partial charge in [-0.25, -0.2) is 8.78 Å². The van der Waals surface area contributed by atoms with Crippen molar-refractivity contribution < 1.29 is 18.7 Å². The molecule has 0 amide bonds. The molecule has 6 heteroatoms. The van der Waals surface area contributed by atoms with E-state index in [-0.39, 0.29) is 12.4 Å². The van der Waals surface area contributed by atoms with Gasteiger partial charge in [-0.05, 0) is 69.2 Å². The number of allylic oxidation sites excluding steroid dienone is 3. The van der Waals surface area contributed by atoms with Crippen molar-refractivity contribution in [3.63, 3.8) is 0 Å². The lowest BCUT2D eigenvalue weighted by molar-refractivity contribution is -0.104. The molecule has 2 nitrogen and oxygen atoms in total. The van der Waals surface area contributed by atoms with Crippen molar-refractivity contribution in [2.45, 2.75) is 38.5 Å². The zero-order chi connectivity index (χ0) is 22.9. The molecular weight excluding hydrogens is 429 g/mol. The quantitative estimate of drug-likeness (QED) is 0.372. The van der Waals surface area contributed by atoms with Crippen LogP contribution in [0, 0.1) is 0 Å². The summed E-state index contributed by atoms with van der Waals surface area (Å²) in [4.78, 5) is 10.2. The van der Waals surface area contributed by atoms with Gasteiger partial charge in [0.25, 0.3) is 0 Å². The lowest BCUT2D eigenvalue weighted by Crippen LogP contribution is -2.18. The van der Waals surface area contributed by atoms with Crippen LogP contribution in [-0.2, 0) is 15.6 Å². The van der Waals surface area contributed by atoms with Crippen LogP contribution in [0.4, 0.5) is 8.78 Å². The first-order valence-corrected chi connectivity index (χ1v) is 10.0. The molecule has 0 atom stereocenters. The normalized spacial score (nSPS) is 12.8. The van der Waals surface area contributed by atoms with Crippen LogP contribution in [0.5, 0.6) is 0 Å². The summed E-state index contributed by atoms with van der Waals surface area (Å²) in [5.74, 6) is -0.799. The number of hydrogen-bond acceptors (Lipinski definition) is 2. The minimum atomic E-state index is -0.800. The van der Waals surface area contributed by atoms with E-state index in [1.165, 1.54) is 6.08 Å². The van der Waals surface area contributed by atoms with Crippen LogP contribution in [0.15, 0.2) is 72.3 Å². The maximum atomic E-state index is 13.6. The minimum absolute atomic E-state index is 0.289. The number of rotatable bonds is 6. The average Bonchev–Trinajstić information content (AvgIpc) is 2.69. The van der Waals surface area contributed by atoms with Gasteiger partial charge in [0.05, 0.1) is 6.61 Å². The molecule has 0 aliphatic rings. The van der Waals surface area contributed by atoms with Crippen LogP contribution in [0.1, 0.15) is 38.8 Å². The molecule has 0 aliphatic carbocycles. The molecule has 162 valence electrons. The highest BCUT2D eigenvalue weighted by atomic mass is 35.5. The minimum Gasteiger partial charge on any atom is -0.392 e. The summed E-state index contributed by atoms with van der Waals surface area (Å²) < 4.78 is 27.2. The second-order valence-corrected chi connectivity index (χ2v) is 8.52. The van der Waals surface area contributed by atoms with E-state index >= 15 is 0 Å². The number of carbonyl (C=O) groups excluding carboxylic acids is 1. The summed E-state index contributed by atoms with van der Waals surface area (Å²) in [6.45, 7) is 6.66. The van der Waals surface area contributed by atoms with Crippen molar-refractivity contribution in [3.8, 4) is 0 Å². The molecule has 0 heterocycles. The molecule has 0 fully saturated rings. The number of halogens is 4. The third-order valence-electron chi connectivity index (χ3n) is 4.81. The first kappa shape index (κ1) is 26.0. The Labute approximate surface area is 186 Å². The third-order valence-corrected chi connectivity index (χ3v) is 5.31. The van der Waals surface area contributed by atoms with Crippen LogP contribution < -0.4 is 0 Å². The summed E-state index contributed by atoms with van der Waals surface area (Å²) >= 11 is 11.5. The van der Waals surface area contributed by atoms with E-state index in [0.29, 0.717) is 16.3 Å². The molecule has 0 unspecified atom stereocenters. The van der Waals surface area contributed by atoms with Gasteiger partial charge < -0.3 is 5.11 Å². The highest BCUT2D eigenvalue weighted by Gasteiger charge is 2.26. The van der Waals surface area contributed by atoms with Crippen molar-refractivity contribution in [1.29, 1.82) is 0 Å². The van der Waals surface area contributed by atoms with Crippen LogP contribution in [0.2, 0.25) is 10.0 Å². The highest BCUT2D eigenvalue weighted by Crippen LogP contribution is 2.33. The van der Waals surface area contributed by atoms with Crippen molar-refractivity contribution in [2.75, 3.05) is 6.61 Å². The summed E-state index contributed by atoms with van der Waals surface area (Å²) in [7, 11) is 0. The molecule has 30 heavy (non-hydrogen) atoms. The molecule has 0 saturated heterocycles. The Kier molecular flexibility index (Phi) is 9.89. The van der Waals surface area contributed by atoms with Gasteiger partial charge in [-0.15, -0.1) is 0 Å². The smallest absolute Gasteiger partial charge is 0.145 e. The Morgan fingerprint density at radius 3 is 1.53 bits per heavy atom. The van der Waals surface area contributed by atoms with E-state index < -0.39 is 16.7 Å². The zero-order valence-corrected chi connectivity index (χ0v) is 18.9. The lowest BCUT2D eigenvalue weighted by atomic mass is 9.83. The van der Waals surface area contributed by atoms with Crippen molar-refractivity contribution in [1.82, 2.24) is 0 Å². The molecular formula is C24H26Cl2F2O2. The molecule has 0 aromatic heterocycles. The molecule has 2 aromatic rings. The Morgan fingerprint density at radius 1 is 0.833 bits per heavy atom. The largest absolute Gasteiger partial charge is 0.392 e. The molecule has 0 saturated carbocycles. The number of aldehydes is 1. The lowest BCUT2D eigenvalue weighted by Gasteiger charge is -2.23. The fraction of sp³-hybridized carbons (Fsp3) is 0.292. The van der Waals surface area contributed by atoms with E-state index in [9.17, 15) is 13.6 Å². The predicted molar refractivity (Wildman–Crippen MR) is 120 cm³/mol. The Hall–Kier alpha value is -2.01. The Morgan fingerprint density at radius 2 is 1.20 bits per heavy atom. The highest BCUT2D eigenvalue weighted by molar-refractivity contribution is 6.30. The number of benzene rings is 2. The van der Waals surface area contributed by atoms with E-state index in [2.05, 4.69) is 0 Å². The van der Waals surface area contributed by atoms with E-state index in [0.717, 1.165) is 17.2 Å². The van der Waals surface area contributed by atoms with Gasteiger partial charge >= 0.3 is 0 Å². The summed E-state index contributed by atoms with van der Waals surface area (Å²) in [5.41, 5.74) is 0.0790. The second-order valence-electron chi connectivity index (χ2n) is 7.65. The standard InChI is InChI=1S/C12H14ClFO.C12H12ClFO/c2*1-12(2,11(14)7-8-15)9-3-5-10(13)6-4-9/h3-7,15H,8H2,1-2H3;3-8H,1-2H3/b2*11-7-. The van der Waals surface area contributed by atoms with Gasteiger partial charge in [-0.3, -0.25) is 4.79 Å². The van der Waals surface area contributed by atoms with E-state index in [1.54, 1.807) is 76.2 Å². The fourth-order valence-corrected chi connectivity index (χ4v) is 2.86. The number of carbonyl (C=O) groups is 1. The SMILES string of the molecule is CC(C)(/C(F)=C/C=O)c1ccc(Cl)cc1.CC(C)(/C(F)=C/CO)c1ccc(Cl)cc1. The molecule has 0 spiro atoms. The molecule has 2 aromatic carbocycles. The van der Waals surface area contributed by atoms with Crippen LogP contribution in [-0.4, -0.2) is 18.0 Å². The molecule has 0 radical (unpaired) electrons. The summed E-state index contributed by atoms with van der Waals surface area (Å²) in [6, 6.07) is 13.9. The van der Waals surface area contributed by atoms with E-state index in [1.807, 2.05) is 0 Å². The zero-order valence-electron chi connectivity index (χ0n) is 17.4. The monoisotopic (exact) mass is 454 g/mol. The van der Waals surface area contributed by atoms with Crippen molar-refractivity contribution in [2.24, 2.45) is 0 Å². The van der Waals surface area contributed by atoms with Crippen LogP contribution in [0.25, 0.3) is 0 Å². The maximum absolute atomic E-state index is 13.6. The first-order chi connectivity index (χ1) is 14.0. The van der Waals surface area contributed by atoms with Gasteiger partial charge in [-0.2, -0.15) is 0 Å². The Bertz CT molecular complexity index is 884. The van der Waals surface area contributed by atoms with Gasteiger partial charge in [0.15, 0.2) is 0 Å². The molecule has 0 bridgehead atoms. The number of aliphatic hydroxyl groups is 1. The van der Waals surface area contributed by atoms with Crippen LogP contribution >= 0.6 is 23.2 Å². The van der Waals surface area contributed by atoms with Crippen LogP contribution in [0.3, 0.4) is 0 Å². The maximum Gasteiger partial charge on any atom is 0.145 e. The summed E-state index contributed by atoms with van der Waals surface area (Å²) in [5, 5.41) is 9.89. The second kappa shape index (κ2) is 11.4. The third kappa shape index (κ3) is 7.05. The molecule has 2 rings (SSSR count). The topological polar surface area (TPSA) is 37.3 Å². The van der Waals surface area contributed by atoms with E-state index in [4.69, 9.17) is 28.3 Å². The summed E-state index contributed by atoms with van der Waals surface area (Å²) in [6.07, 6.45) is 2.57. The molecule has 0 aliphatic heterocycles. The number of aliphatic hydroxyl groups excluding tert-OH is 1. The van der Waals surface area contributed by atoms with Gasteiger partial charge in [0, 0.05) is 27.0 Å². The molecule has 1 N–H and O–H groups in total. The first-order valence-electron chi connectivity index (χ1n) is 9.27. The van der Waals surface area contributed by atoms with Crippen molar-refractivity contribution >= 4 is 29.5 Å².